The second kappa shape index (κ2) is 7.71. The molecule has 0 spiro atoms. The van der Waals surface area contributed by atoms with Gasteiger partial charge in [0.05, 0.1) is 12.1 Å². The van der Waals surface area contributed by atoms with Gasteiger partial charge in [-0.15, -0.1) is 0 Å². The number of benzene rings is 2. The van der Waals surface area contributed by atoms with Crippen molar-refractivity contribution >= 4 is 17.7 Å². The third kappa shape index (κ3) is 4.39. The summed E-state index contributed by atoms with van der Waals surface area (Å²) in [6.45, 7) is 5.71. The summed E-state index contributed by atoms with van der Waals surface area (Å²) in [6.07, 6.45) is 2.62. The number of halogens is 1. The van der Waals surface area contributed by atoms with E-state index in [9.17, 15) is 4.79 Å². The van der Waals surface area contributed by atoms with Crippen molar-refractivity contribution in [2.75, 3.05) is 0 Å². The van der Waals surface area contributed by atoms with Gasteiger partial charge in [-0.05, 0) is 63.3 Å². The summed E-state index contributed by atoms with van der Waals surface area (Å²) in [5.41, 5.74) is 1.67. The van der Waals surface area contributed by atoms with Gasteiger partial charge in [-0.3, -0.25) is 4.90 Å². The molecule has 3 nitrogen and oxygen atoms in total. The molecule has 1 saturated heterocycles. The van der Waals surface area contributed by atoms with E-state index in [1.54, 1.807) is 0 Å². The number of amides is 1. The van der Waals surface area contributed by atoms with Crippen molar-refractivity contribution < 1.29 is 9.53 Å². The van der Waals surface area contributed by atoms with E-state index >= 15 is 0 Å². The van der Waals surface area contributed by atoms with Gasteiger partial charge < -0.3 is 4.74 Å². The zero-order valence-corrected chi connectivity index (χ0v) is 16.4. The third-order valence-corrected chi connectivity index (χ3v) is 4.88. The quantitative estimate of drug-likeness (QED) is 0.599. The Morgan fingerprint density at radius 3 is 2.23 bits per heavy atom. The smallest absolute Gasteiger partial charge is 0.411 e. The molecule has 1 heterocycles. The summed E-state index contributed by atoms with van der Waals surface area (Å²) < 4.78 is 5.76. The van der Waals surface area contributed by atoms with Crippen LogP contribution < -0.4 is 0 Å². The maximum atomic E-state index is 13.1. The number of piperidine rings is 1. The lowest BCUT2D eigenvalue weighted by Crippen LogP contribution is -2.43. The fourth-order valence-electron chi connectivity index (χ4n) is 3.61. The Labute approximate surface area is 160 Å². The van der Waals surface area contributed by atoms with Crippen LogP contribution in [0.3, 0.4) is 0 Å². The number of carbonyl (C=O) groups is 1. The number of nitrogens with zero attached hydrogens (tertiary/aromatic N) is 1. The monoisotopic (exact) mass is 371 g/mol. The normalized spacial score (nSPS) is 20.7. The van der Waals surface area contributed by atoms with E-state index in [-0.39, 0.29) is 18.2 Å². The number of hydrogen-bond acceptors (Lipinski definition) is 2. The molecule has 3 rings (SSSR count). The summed E-state index contributed by atoms with van der Waals surface area (Å²) in [6, 6.07) is 18.0. The van der Waals surface area contributed by atoms with E-state index in [4.69, 9.17) is 16.3 Å². The van der Waals surface area contributed by atoms with Crippen LogP contribution in [0.25, 0.3) is 0 Å². The lowest BCUT2D eigenvalue weighted by atomic mass is 9.88. The largest absolute Gasteiger partial charge is 0.444 e. The van der Waals surface area contributed by atoms with Gasteiger partial charge in [0.15, 0.2) is 0 Å². The van der Waals surface area contributed by atoms with Crippen molar-refractivity contribution in [2.24, 2.45) is 0 Å². The Morgan fingerprint density at radius 1 is 1.00 bits per heavy atom. The van der Waals surface area contributed by atoms with Crippen molar-refractivity contribution in [2.45, 2.75) is 57.7 Å². The van der Waals surface area contributed by atoms with Crippen LogP contribution in [0, 0.1) is 0 Å². The lowest BCUT2D eigenvalue weighted by molar-refractivity contribution is -0.00663. The highest BCUT2D eigenvalue weighted by Gasteiger charge is 2.38. The standard InChI is InChI=1S/C22H26ClNO2/c1-22(2,3)26-21(25)24-19(16-9-5-4-6-10-16)13-8-14-20(24)17-11-7-12-18(23)15-17/h4-7,9-12,15,19-20H,8,13-14H2,1-3H3/t19-,20+/m0/s1. The van der Waals surface area contributed by atoms with Gasteiger partial charge in [0.25, 0.3) is 0 Å². The van der Waals surface area contributed by atoms with Gasteiger partial charge in [0, 0.05) is 5.02 Å². The minimum Gasteiger partial charge on any atom is -0.444 e. The van der Waals surface area contributed by atoms with Gasteiger partial charge >= 0.3 is 6.09 Å². The topological polar surface area (TPSA) is 29.5 Å². The van der Waals surface area contributed by atoms with Crippen LogP contribution >= 0.6 is 11.6 Å². The van der Waals surface area contributed by atoms with Crippen LogP contribution in [0.5, 0.6) is 0 Å². The van der Waals surface area contributed by atoms with Crippen molar-refractivity contribution in [3.8, 4) is 0 Å². The van der Waals surface area contributed by atoms with Crippen molar-refractivity contribution in [1.82, 2.24) is 4.90 Å². The summed E-state index contributed by atoms with van der Waals surface area (Å²) in [5.74, 6) is 0. The molecule has 0 radical (unpaired) electrons. The van der Waals surface area contributed by atoms with E-state index in [1.807, 2.05) is 68.1 Å². The van der Waals surface area contributed by atoms with Gasteiger partial charge in [0.2, 0.25) is 0 Å². The number of carbonyl (C=O) groups excluding carboxylic acids is 1. The van der Waals surface area contributed by atoms with Crippen molar-refractivity contribution in [3.63, 3.8) is 0 Å². The predicted molar refractivity (Wildman–Crippen MR) is 105 cm³/mol. The second-order valence-electron chi connectivity index (χ2n) is 7.82. The van der Waals surface area contributed by atoms with Crippen LogP contribution in [0.15, 0.2) is 54.6 Å². The summed E-state index contributed by atoms with van der Waals surface area (Å²) in [5, 5.41) is 0.688. The molecule has 1 fully saturated rings. The molecule has 2 aromatic rings. The highest BCUT2D eigenvalue weighted by atomic mass is 35.5. The summed E-state index contributed by atoms with van der Waals surface area (Å²) in [4.78, 5) is 15.0. The number of rotatable bonds is 2. The molecule has 0 aliphatic carbocycles. The molecule has 0 N–H and O–H groups in total. The van der Waals surface area contributed by atoms with Gasteiger partial charge in [-0.2, -0.15) is 0 Å². The maximum absolute atomic E-state index is 13.1. The third-order valence-electron chi connectivity index (χ3n) is 4.65. The van der Waals surface area contributed by atoms with E-state index in [0.29, 0.717) is 5.02 Å². The van der Waals surface area contributed by atoms with Crippen molar-refractivity contribution in [1.29, 1.82) is 0 Å². The molecule has 0 saturated carbocycles. The number of likely N-dealkylation sites (tertiary alicyclic amines) is 1. The van der Waals surface area contributed by atoms with Crippen LogP contribution in [-0.4, -0.2) is 16.6 Å². The van der Waals surface area contributed by atoms with Crippen LogP contribution in [0.1, 0.15) is 63.2 Å². The first kappa shape index (κ1) is 18.8. The molecule has 1 amide bonds. The van der Waals surface area contributed by atoms with Crippen LogP contribution in [-0.2, 0) is 4.74 Å². The zero-order chi connectivity index (χ0) is 18.7. The first-order valence-corrected chi connectivity index (χ1v) is 9.55. The first-order chi connectivity index (χ1) is 12.3. The Hall–Kier alpha value is -2.00. The van der Waals surface area contributed by atoms with E-state index < -0.39 is 5.60 Å². The molecule has 1 aliphatic rings. The molecule has 4 heteroatoms. The summed E-state index contributed by atoms with van der Waals surface area (Å²) >= 11 is 6.22. The Kier molecular flexibility index (Phi) is 5.57. The summed E-state index contributed by atoms with van der Waals surface area (Å²) in [7, 11) is 0. The zero-order valence-electron chi connectivity index (χ0n) is 15.6. The minimum atomic E-state index is -0.533. The molecular formula is C22H26ClNO2. The van der Waals surface area contributed by atoms with E-state index in [2.05, 4.69) is 12.1 Å². The second-order valence-corrected chi connectivity index (χ2v) is 8.25. The number of ether oxygens (including phenoxy) is 1. The molecule has 0 aromatic heterocycles. The Balaban J connectivity index is 2.00. The average Bonchev–Trinajstić information content (AvgIpc) is 2.60. The van der Waals surface area contributed by atoms with Crippen LogP contribution in [0.2, 0.25) is 5.02 Å². The lowest BCUT2D eigenvalue weighted by Gasteiger charge is -2.43. The highest BCUT2D eigenvalue weighted by Crippen LogP contribution is 2.42. The minimum absolute atomic E-state index is 0.00350. The van der Waals surface area contributed by atoms with Gasteiger partial charge in [-0.25, -0.2) is 4.79 Å². The van der Waals surface area contributed by atoms with E-state index in [1.165, 1.54) is 0 Å². The fraction of sp³-hybridized carbons (Fsp3) is 0.409. The van der Waals surface area contributed by atoms with Crippen LogP contribution in [0.4, 0.5) is 4.79 Å². The number of hydrogen-bond donors (Lipinski definition) is 0. The van der Waals surface area contributed by atoms with Gasteiger partial charge in [-0.1, -0.05) is 54.1 Å². The molecule has 2 atom stereocenters. The molecule has 26 heavy (non-hydrogen) atoms. The predicted octanol–water partition coefficient (Wildman–Crippen LogP) is 6.54. The Bertz CT molecular complexity index is 754. The van der Waals surface area contributed by atoms with Crippen molar-refractivity contribution in [3.05, 3.63) is 70.7 Å². The molecular weight excluding hydrogens is 346 g/mol. The Morgan fingerprint density at radius 2 is 1.62 bits per heavy atom. The SMILES string of the molecule is CC(C)(C)OC(=O)N1[C@@H](c2cccc(Cl)c2)CCC[C@H]1c1ccccc1. The molecule has 0 bridgehead atoms. The maximum Gasteiger partial charge on any atom is 0.411 e. The van der Waals surface area contributed by atoms with E-state index in [0.717, 1.165) is 30.4 Å². The molecule has 2 aromatic carbocycles. The molecule has 138 valence electrons. The molecule has 1 aliphatic heterocycles. The highest BCUT2D eigenvalue weighted by molar-refractivity contribution is 6.30. The fourth-order valence-corrected chi connectivity index (χ4v) is 3.81. The average molecular weight is 372 g/mol. The first-order valence-electron chi connectivity index (χ1n) is 9.17. The van der Waals surface area contributed by atoms with Gasteiger partial charge in [0.1, 0.15) is 5.60 Å². The molecule has 0 unspecified atom stereocenters.